The van der Waals surface area contributed by atoms with Crippen LogP contribution in [-0.2, 0) is 26.0 Å². The summed E-state index contributed by atoms with van der Waals surface area (Å²) in [6.45, 7) is -0.289. The minimum Gasteiger partial charge on any atom is -0.493 e. The Balaban J connectivity index is 2.10. The molecule has 0 bridgehead atoms. The van der Waals surface area contributed by atoms with Gasteiger partial charge in [-0.1, -0.05) is 24.3 Å². The summed E-state index contributed by atoms with van der Waals surface area (Å²) < 4.78 is 41.0. The summed E-state index contributed by atoms with van der Waals surface area (Å²) in [5.41, 5.74) is 0.741. The Morgan fingerprint density at radius 1 is 1.11 bits per heavy atom. The van der Waals surface area contributed by atoms with E-state index in [0.29, 0.717) is 11.5 Å². The highest BCUT2D eigenvalue weighted by Gasteiger charge is 2.23. The first-order valence-electron chi connectivity index (χ1n) is 8.26. The monoisotopic (exact) mass is 404 g/mol. The second kappa shape index (κ2) is 9.62. The predicted octanol–water partition coefficient (Wildman–Crippen LogP) is 1.96. The summed E-state index contributed by atoms with van der Waals surface area (Å²) >= 11 is 0. The summed E-state index contributed by atoms with van der Waals surface area (Å²) in [6, 6.07) is 12.8. The van der Waals surface area contributed by atoms with Crippen LogP contribution in [0, 0.1) is 11.5 Å². The highest BCUT2D eigenvalue weighted by atomic mass is 32.2. The Morgan fingerprint density at radius 3 is 2.43 bits per heavy atom. The van der Waals surface area contributed by atoms with E-state index in [2.05, 4.69) is 4.74 Å². The number of carbonyl (C=O) groups excluding carboxylic acids is 1. The minimum absolute atomic E-state index is 0.0285. The largest absolute Gasteiger partial charge is 0.493 e. The molecule has 0 aliphatic carbocycles. The highest BCUT2D eigenvalue weighted by molar-refractivity contribution is 7.89. The Bertz CT molecular complexity index is 954. The molecule has 0 aliphatic heterocycles. The number of hydrogen-bond acceptors (Lipinski definition) is 7. The quantitative estimate of drug-likeness (QED) is 0.357. The van der Waals surface area contributed by atoms with Crippen LogP contribution in [-0.4, -0.2) is 46.1 Å². The Morgan fingerprint density at radius 2 is 1.82 bits per heavy atom. The SMILES string of the molecule is COC(=O)COc1ccc(CCN(C#N)S(=O)(=O)c2ccccc2)cc1OC. The number of hydrogen-bond donors (Lipinski definition) is 0. The molecule has 2 aromatic rings. The van der Waals surface area contributed by atoms with Crippen LogP contribution in [0.2, 0.25) is 0 Å². The summed E-state index contributed by atoms with van der Waals surface area (Å²) in [6.07, 6.45) is 2.01. The summed E-state index contributed by atoms with van der Waals surface area (Å²) in [7, 11) is -1.19. The summed E-state index contributed by atoms with van der Waals surface area (Å²) in [5, 5.41) is 9.30. The molecule has 0 saturated heterocycles. The van der Waals surface area contributed by atoms with Crippen molar-refractivity contribution < 1.29 is 27.4 Å². The van der Waals surface area contributed by atoms with Crippen LogP contribution in [0.5, 0.6) is 11.5 Å². The number of nitrogens with zero attached hydrogens (tertiary/aromatic N) is 2. The van der Waals surface area contributed by atoms with E-state index in [0.717, 1.165) is 9.87 Å². The van der Waals surface area contributed by atoms with E-state index in [1.807, 2.05) is 0 Å². The van der Waals surface area contributed by atoms with Crippen LogP contribution < -0.4 is 9.47 Å². The predicted molar refractivity (Wildman–Crippen MR) is 100 cm³/mol. The third kappa shape index (κ3) is 5.14. The summed E-state index contributed by atoms with van der Waals surface area (Å²) in [4.78, 5) is 11.2. The first kappa shape index (κ1) is 21.1. The fourth-order valence-corrected chi connectivity index (χ4v) is 3.55. The molecule has 0 aliphatic rings. The molecule has 28 heavy (non-hydrogen) atoms. The van der Waals surface area contributed by atoms with Crippen molar-refractivity contribution in [2.75, 3.05) is 27.4 Å². The molecule has 0 fully saturated rings. The highest BCUT2D eigenvalue weighted by Crippen LogP contribution is 2.28. The fourth-order valence-electron chi connectivity index (χ4n) is 2.36. The molecule has 8 nitrogen and oxygen atoms in total. The van der Waals surface area contributed by atoms with Crippen molar-refractivity contribution in [3.05, 3.63) is 54.1 Å². The average Bonchev–Trinajstić information content (AvgIpc) is 2.73. The molecule has 0 saturated carbocycles. The molecule has 0 heterocycles. The van der Waals surface area contributed by atoms with Crippen molar-refractivity contribution in [1.29, 1.82) is 5.26 Å². The fraction of sp³-hybridized carbons (Fsp3) is 0.263. The van der Waals surface area contributed by atoms with Crippen molar-refractivity contribution >= 4 is 16.0 Å². The lowest BCUT2D eigenvalue weighted by Gasteiger charge is -2.16. The smallest absolute Gasteiger partial charge is 0.343 e. The number of rotatable bonds is 9. The first-order chi connectivity index (χ1) is 13.4. The van der Waals surface area contributed by atoms with Gasteiger partial charge < -0.3 is 14.2 Å². The summed E-state index contributed by atoms with van der Waals surface area (Å²) in [5.74, 6) is 0.212. The van der Waals surface area contributed by atoms with Crippen LogP contribution in [0.1, 0.15) is 5.56 Å². The third-order valence-electron chi connectivity index (χ3n) is 3.85. The number of esters is 1. The van der Waals surface area contributed by atoms with Gasteiger partial charge in [-0.2, -0.15) is 5.26 Å². The van der Waals surface area contributed by atoms with Crippen LogP contribution in [0.4, 0.5) is 0 Å². The maximum Gasteiger partial charge on any atom is 0.343 e. The lowest BCUT2D eigenvalue weighted by Crippen LogP contribution is -2.28. The van der Waals surface area contributed by atoms with Crippen molar-refractivity contribution in [2.45, 2.75) is 11.3 Å². The second-order valence-corrected chi connectivity index (χ2v) is 7.45. The van der Waals surface area contributed by atoms with Crippen LogP contribution in [0.25, 0.3) is 0 Å². The maximum absolute atomic E-state index is 12.6. The zero-order chi connectivity index (χ0) is 20.6. The van der Waals surface area contributed by atoms with E-state index in [1.165, 1.54) is 26.4 Å². The van der Waals surface area contributed by atoms with Gasteiger partial charge in [0.1, 0.15) is 0 Å². The molecule has 0 spiro atoms. The first-order valence-corrected chi connectivity index (χ1v) is 9.70. The van der Waals surface area contributed by atoms with Crippen molar-refractivity contribution in [2.24, 2.45) is 0 Å². The van der Waals surface area contributed by atoms with Crippen molar-refractivity contribution in [1.82, 2.24) is 4.31 Å². The molecule has 0 atom stereocenters. The van der Waals surface area contributed by atoms with Gasteiger partial charge in [0.2, 0.25) is 0 Å². The number of carbonyl (C=O) groups is 1. The number of benzene rings is 2. The Hall–Kier alpha value is -3.25. The van der Waals surface area contributed by atoms with E-state index < -0.39 is 16.0 Å². The van der Waals surface area contributed by atoms with Gasteiger partial charge >= 0.3 is 5.97 Å². The molecule has 0 radical (unpaired) electrons. The van der Waals surface area contributed by atoms with E-state index in [4.69, 9.17) is 9.47 Å². The minimum atomic E-state index is -3.90. The molecule has 2 rings (SSSR count). The standard InChI is InChI=1S/C19H20N2O6S/c1-25-18-12-15(8-9-17(18)27-13-19(22)26-2)10-11-21(14-20)28(23,24)16-6-4-3-5-7-16/h3-9,12H,10-11,13H2,1-2H3. The van der Waals surface area contributed by atoms with Gasteiger partial charge in [0.05, 0.1) is 19.1 Å². The third-order valence-corrected chi connectivity index (χ3v) is 5.56. The lowest BCUT2D eigenvalue weighted by atomic mass is 10.1. The van der Waals surface area contributed by atoms with Crippen molar-refractivity contribution in [3.8, 4) is 17.7 Å². The second-order valence-electron chi connectivity index (χ2n) is 5.59. The lowest BCUT2D eigenvalue weighted by molar-refractivity contribution is -0.142. The Kier molecular flexibility index (Phi) is 7.23. The molecule has 9 heteroatoms. The average molecular weight is 404 g/mol. The normalized spacial score (nSPS) is 10.6. The van der Waals surface area contributed by atoms with Crippen molar-refractivity contribution in [3.63, 3.8) is 0 Å². The van der Waals surface area contributed by atoms with Gasteiger partial charge in [-0.25, -0.2) is 17.5 Å². The number of sulfonamides is 1. The number of ether oxygens (including phenoxy) is 3. The van der Waals surface area contributed by atoms with Gasteiger partial charge in [0.25, 0.3) is 10.0 Å². The number of nitriles is 1. The van der Waals surface area contributed by atoms with Gasteiger partial charge in [0, 0.05) is 6.54 Å². The zero-order valence-corrected chi connectivity index (χ0v) is 16.3. The van der Waals surface area contributed by atoms with Crippen LogP contribution in [0.3, 0.4) is 0 Å². The molecule has 0 aromatic heterocycles. The van der Waals surface area contributed by atoms with E-state index in [9.17, 15) is 18.5 Å². The molecule has 0 amide bonds. The topological polar surface area (TPSA) is 106 Å². The molecule has 148 valence electrons. The van der Waals surface area contributed by atoms with E-state index >= 15 is 0 Å². The molecular formula is C19H20N2O6S. The van der Waals surface area contributed by atoms with Gasteiger partial charge in [0.15, 0.2) is 24.3 Å². The number of methoxy groups -OCH3 is 2. The maximum atomic E-state index is 12.6. The van der Waals surface area contributed by atoms with Gasteiger partial charge in [-0.3, -0.25) is 0 Å². The van der Waals surface area contributed by atoms with E-state index in [-0.39, 0.29) is 24.5 Å². The van der Waals surface area contributed by atoms with E-state index in [1.54, 1.807) is 42.6 Å². The molecular weight excluding hydrogens is 384 g/mol. The van der Waals surface area contributed by atoms with Crippen LogP contribution >= 0.6 is 0 Å². The molecule has 2 aromatic carbocycles. The van der Waals surface area contributed by atoms with Crippen LogP contribution in [0.15, 0.2) is 53.4 Å². The van der Waals surface area contributed by atoms with Gasteiger partial charge in [-0.15, -0.1) is 0 Å². The van der Waals surface area contributed by atoms with Gasteiger partial charge in [-0.05, 0) is 36.2 Å². The Labute approximate surface area is 163 Å². The zero-order valence-electron chi connectivity index (χ0n) is 15.5. The molecule has 0 N–H and O–H groups in total. The molecule has 0 unspecified atom stereocenters.